The van der Waals surface area contributed by atoms with E-state index in [1.165, 1.54) is 18.7 Å². The van der Waals surface area contributed by atoms with Crippen molar-refractivity contribution in [2.24, 2.45) is 17.4 Å². The number of primary amides is 1. The van der Waals surface area contributed by atoms with Crippen LogP contribution in [0, 0.1) is 5.92 Å². The van der Waals surface area contributed by atoms with Crippen molar-refractivity contribution in [3.63, 3.8) is 0 Å². The number of rotatable bonds is 14. The van der Waals surface area contributed by atoms with Crippen LogP contribution >= 0.6 is 11.8 Å². The lowest BCUT2D eigenvalue weighted by Gasteiger charge is -2.24. The first-order valence-corrected chi connectivity index (χ1v) is 10.9. The van der Waals surface area contributed by atoms with Crippen LogP contribution in [0.3, 0.4) is 0 Å². The second-order valence-corrected chi connectivity index (χ2v) is 8.36. The predicted octanol–water partition coefficient (Wildman–Crippen LogP) is -1.45. The Morgan fingerprint density at radius 1 is 0.933 bits per heavy atom. The van der Waals surface area contributed by atoms with Crippen LogP contribution in [0.2, 0.25) is 0 Å². The SMILES string of the molecule is CSCCC(NC(=O)C(CC(N)=O)NC(=O)C(N)CC(C)C)C(=O)NC(C)C(=O)O. The molecular formula is C18H33N5O6S. The molecule has 0 rings (SSSR count). The topological polar surface area (TPSA) is 194 Å². The molecule has 4 atom stereocenters. The number of hydrogen-bond donors (Lipinski definition) is 6. The molecule has 0 aromatic carbocycles. The summed E-state index contributed by atoms with van der Waals surface area (Å²) in [5.74, 6) is -3.49. The van der Waals surface area contributed by atoms with Gasteiger partial charge in [-0.25, -0.2) is 0 Å². The van der Waals surface area contributed by atoms with Crippen molar-refractivity contribution < 1.29 is 29.1 Å². The van der Waals surface area contributed by atoms with Crippen molar-refractivity contribution >= 4 is 41.4 Å². The summed E-state index contributed by atoms with van der Waals surface area (Å²) >= 11 is 1.43. The van der Waals surface area contributed by atoms with E-state index in [9.17, 15) is 24.0 Å². The summed E-state index contributed by atoms with van der Waals surface area (Å²) in [4.78, 5) is 59.7. The van der Waals surface area contributed by atoms with Gasteiger partial charge in [-0.3, -0.25) is 24.0 Å². The van der Waals surface area contributed by atoms with Gasteiger partial charge < -0.3 is 32.5 Å². The summed E-state index contributed by atoms with van der Waals surface area (Å²) in [6.45, 7) is 5.06. The standard InChI is InChI=1S/C18H33N5O6S/c1-9(2)7-11(19)15(25)23-13(8-14(20)24)17(27)22-12(5-6-30-4)16(26)21-10(3)18(28)29/h9-13H,5-8,19H2,1-4H3,(H2,20,24)(H,21,26)(H,22,27)(H,23,25)(H,28,29). The first-order valence-electron chi connectivity index (χ1n) is 9.55. The molecule has 0 fully saturated rings. The molecule has 30 heavy (non-hydrogen) atoms. The van der Waals surface area contributed by atoms with Crippen LogP contribution in [0.1, 0.15) is 40.0 Å². The molecule has 0 saturated carbocycles. The molecule has 0 heterocycles. The van der Waals surface area contributed by atoms with Crippen molar-refractivity contribution in [3.8, 4) is 0 Å². The first-order chi connectivity index (χ1) is 13.9. The maximum Gasteiger partial charge on any atom is 0.325 e. The second kappa shape index (κ2) is 13.8. The number of aliphatic carboxylic acids is 1. The van der Waals surface area contributed by atoms with E-state index in [1.54, 1.807) is 0 Å². The average Bonchev–Trinajstić information content (AvgIpc) is 2.62. The molecule has 11 nitrogen and oxygen atoms in total. The summed E-state index contributed by atoms with van der Waals surface area (Å²) in [6.07, 6.45) is 1.93. The Bertz CT molecular complexity index is 630. The molecule has 0 bridgehead atoms. The van der Waals surface area contributed by atoms with Crippen LogP contribution in [0.15, 0.2) is 0 Å². The summed E-state index contributed by atoms with van der Waals surface area (Å²) in [5.41, 5.74) is 11.0. The molecule has 8 N–H and O–H groups in total. The number of carboxylic acid groups (broad SMARTS) is 1. The van der Waals surface area contributed by atoms with Crippen LogP contribution in [0.5, 0.6) is 0 Å². The zero-order chi connectivity index (χ0) is 23.4. The number of carbonyl (C=O) groups excluding carboxylic acids is 4. The summed E-state index contributed by atoms with van der Waals surface area (Å²) in [5, 5.41) is 16.1. The van der Waals surface area contributed by atoms with E-state index in [2.05, 4.69) is 16.0 Å². The Balaban J connectivity index is 5.31. The number of nitrogens with one attached hydrogen (secondary N) is 3. The molecule has 0 spiro atoms. The third-order valence-corrected chi connectivity index (χ3v) is 4.72. The minimum atomic E-state index is -1.31. The zero-order valence-corrected chi connectivity index (χ0v) is 18.6. The van der Waals surface area contributed by atoms with Crippen molar-refractivity contribution in [2.45, 2.75) is 64.2 Å². The number of nitrogens with two attached hydrogens (primary N) is 2. The van der Waals surface area contributed by atoms with Crippen molar-refractivity contribution in [3.05, 3.63) is 0 Å². The van der Waals surface area contributed by atoms with Crippen molar-refractivity contribution in [1.29, 1.82) is 0 Å². The lowest BCUT2D eigenvalue weighted by atomic mass is 10.0. The van der Waals surface area contributed by atoms with E-state index < -0.39 is 60.2 Å². The quantitative estimate of drug-likeness (QED) is 0.186. The van der Waals surface area contributed by atoms with Gasteiger partial charge in [0.15, 0.2) is 0 Å². The normalized spacial score (nSPS) is 14.9. The zero-order valence-electron chi connectivity index (χ0n) is 17.8. The van der Waals surface area contributed by atoms with Crippen molar-refractivity contribution in [2.75, 3.05) is 12.0 Å². The van der Waals surface area contributed by atoms with Gasteiger partial charge in [-0.1, -0.05) is 13.8 Å². The highest BCUT2D eigenvalue weighted by Crippen LogP contribution is 2.06. The molecule has 0 aromatic rings. The highest BCUT2D eigenvalue weighted by Gasteiger charge is 2.30. The molecule has 4 unspecified atom stereocenters. The number of hydrogen-bond acceptors (Lipinski definition) is 7. The number of thioether (sulfide) groups is 1. The Morgan fingerprint density at radius 3 is 1.93 bits per heavy atom. The summed E-state index contributed by atoms with van der Waals surface area (Å²) in [6, 6.07) is -4.39. The van der Waals surface area contributed by atoms with Gasteiger partial charge in [0.1, 0.15) is 18.1 Å². The van der Waals surface area contributed by atoms with E-state index in [1.807, 2.05) is 20.1 Å². The average molecular weight is 448 g/mol. The monoisotopic (exact) mass is 447 g/mol. The molecule has 0 aliphatic heterocycles. The molecule has 0 saturated heterocycles. The van der Waals surface area contributed by atoms with E-state index in [-0.39, 0.29) is 12.3 Å². The minimum absolute atomic E-state index is 0.144. The Labute approximate surface area is 180 Å². The lowest BCUT2D eigenvalue weighted by Crippen LogP contribution is -2.57. The molecule has 0 aliphatic rings. The van der Waals surface area contributed by atoms with Crippen LogP contribution in [-0.2, 0) is 24.0 Å². The van der Waals surface area contributed by atoms with Crippen molar-refractivity contribution in [1.82, 2.24) is 16.0 Å². The van der Waals surface area contributed by atoms with Gasteiger partial charge in [-0.2, -0.15) is 11.8 Å². The molecular weight excluding hydrogens is 414 g/mol. The number of amides is 4. The third-order valence-electron chi connectivity index (χ3n) is 4.07. The third kappa shape index (κ3) is 11.0. The Kier molecular flexibility index (Phi) is 12.7. The van der Waals surface area contributed by atoms with Gasteiger partial charge in [0.25, 0.3) is 0 Å². The fraction of sp³-hybridized carbons (Fsp3) is 0.722. The van der Waals surface area contributed by atoms with Gasteiger partial charge in [0, 0.05) is 0 Å². The van der Waals surface area contributed by atoms with E-state index >= 15 is 0 Å². The smallest absolute Gasteiger partial charge is 0.325 e. The molecule has 0 radical (unpaired) electrons. The van der Waals surface area contributed by atoms with Crippen LogP contribution in [0.4, 0.5) is 0 Å². The van der Waals surface area contributed by atoms with E-state index in [0.717, 1.165) is 0 Å². The van der Waals surface area contributed by atoms with E-state index in [4.69, 9.17) is 16.6 Å². The minimum Gasteiger partial charge on any atom is -0.480 e. The Hall–Kier alpha value is -2.34. The maximum atomic E-state index is 12.7. The summed E-state index contributed by atoms with van der Waals surface area (Å²) in [7, 11) is 0. The highest BCUT2D eigenvalue weighted by molar-refractivity contribution is 7.98. The fourth-order valence-electron chi connectivity index (χ4n) is 2.46. The van der Waals surface area contributed by atoms with Gasteiger partial charge in [-0.05, 0) is 37.7 Å². The summed E-state index contributed by atoms with van der Waals surface area (Å²) < 4.78 is 0. The maximum absolute atomic E-state index is 12.7. The first kappa shape index (κ1) is 27.7. The molecule has 0 aromatic heterocycles. The molecule has 172 valence electrons. The van der Waals surface area contributed by atoms with Gasteiger partial charge in [0.05, 0.1) is 12.5 Å². The number of carboxylic acids is 1. The van der Waals surface area contributed by atoms with Gasteiger partial charge in [0.2, 0.25) is 23.6 Å². The molecule has 0 aliphatic carbocycles. The highest BCUT2D eigenvalue weighted by atomic mass is 32.2. The predicted molar refractivity (Wildman–Crippen MR) is 113 cm³/mol. The largest absolute Gasteiger partial charge is 0.480 e. The van der Waals surface area contributed by atoms with Crippen LogP contribution in [0.25, 0.3) is 0 Å². The van der Waals surface area contributed by atoms with E-state index in [0.29, 0.717) is 12.2 Å². The van der Waals surface area contributed by atoms with Crippen LogP contribution < -0.4 is 27.4 Å². The molecule has 4 amide bonds. The van der Waals surface area contributed by atoms with Gasteiger partial charge in [-0.15, -0.1) is 0 Å². The fourth-order valence-corrected chi connectivity index (χ4v) is 2.93. The Morgan fingerprint density at radius 2 is 1.47 bits per heavy atom. The molecule has 12 heteroatoms. The van der Waals surface area contributed by atoms with Gasteiger partial charge >= 0.3 is 5.97 Å². The second-order valence-electron chi connectivity index (χ2n) is 7.38. The lowest BCUT2D eigenvalue weighted by molar-refractivity contribution is -0.142. The van der Waals surface area contributed by atoms with Crippen LogP contribution in [-0.4, -0.2) is 70.9 Å². The number of carbonyl (C=O) groups is 5.